The predicted molar refractivity (Wildman–Crippen MR) is 85.1 cm³/mol. The first-order chi connectivity index (χ1) is 10.4. The number of primary amides is 1. The molecule has 116 valence electrons. The zero-order valence-corrected chi connectivity index (χ0v) is 13.2. The lowest BCUT2D eigenvalue weighted by Crippen LogP contribution is -2.20. The van der Waals surface area contributed by atoms with E-state index in [4.69, 9.17) is 10.5 Å². The summed E-state index contributed by atoms with van der Waals surface area (Å²) in [6.45, 7) is 3.89. The van der Waals surface area contributed by atoms with Gasteiger partial charge in [-0.2, -0.15) is 0 Å². The highest BCUT2D eigenvalue weighted by atomic mass is 32.1. The van der Waals surface area contributed by atoms with Crippen LogP contribution in [0.25, 0.3) is 0 Å². The minimum absolute atomic E-state index is 0.0610. The van der Waals surface area contributed by atoms with Crippen molar-refractivity contribution in [3.05, 3.63) is 40.4 Å². The van der Waals surface area contributed by atoms with Gasteiger partial charge in [0.2, 0.25) is 5.91 Å². The lowest BCUT2D eigenvalue weighted by Gasteiger charge is -2.07. The maximum absolute atomic E-state index is 11.8. The summed E-state index contributed by atoms with van der Waals surface area (Å²) in [5.41, 5.74) is 7.91. The van der Waals surface area contributed by atoms with Gasteiger partial charge in [0.25, 0.3) is 5.91 Å². The normalized spacial score (nSPS) is 10.3. The van der Waals surface area contributed by atoms with Crippen molar-refractivity contribution in [2.45, 2.75) is 20.3 Å². The van der Waals surface area contributed by atoms with E-state index in [2.05, 4.69) is 10.3 Å². The molecule has 2 aromatic rings. The van der Waals surface area contributed by atoms with Gasteiger partial charge < -0.3 is 10.5 Å². The van der Waals surface area contributed by atoms with E-state index in [0.717, 1.165) is 5.56 Å². The van der Waals surface area contributed by atoms with E-state index in [1.54, 1.807) is 5.38 Å². The molecule has 0 radical (unpaired) electrons. The fraction of sp³-hybridized carbons (Fsp3) is 0.267. The molecule has 0 atom stereocenters. The van der Waals surface area contributed by atoms with Crippen LogP contribution in [0.15, 0.2) is 23.6 Å². The number of anilines is 1. The number of ether oxygens (including phenoxy) is 1. The molecule has 0 saturated heterocycles. The van der Waals surface area contributed by atoms with Crippen LogP contribution in [0.1, 0.15) is 16.8 Å². The van der Waals surface area contributed by atoms with Crippen LogP contribution in [0, 0.1) is 13.8 Å². The van der Waals surface area contributed by atoms with E-state index in [1.807, 2.05) is 32.0 Å². The van der Waals surface area contributed by atoms with Crippen molar-refractivity contribution in [2.24, 2.45) is 5.73 Å². The van der Waals surface area contributed by atoms with E-state index in [1.165, 1.54) is 16.9 Å². The highest BCUT2D eigenvalue weighted by molar-refractivity contribution is 7.13. The summed E-state index contributed by atoms with van der Waals surface area (Å²) in [6, 6.07) is 5.65. The number of carbonyl (C=O) groups excluding carboxylic acids is 2. The van der Waals surface area contributed by atoms with Crippen molar-refractivity contribution >= 4 is 28.3 Å². The first-order valence-corrected chi connectivity index (χ1v) is 7.54. The number of carbonyl (C=O) groups is 2. The molecule has 0 aliphatic rings. The zero-order valence-electron chi connectivity index (χ0n) is 12.4. The average Bonchev–Trinajstić information content (AvgIpc) is 2.86. The number of amides is 2. The molecule has 1 aromatic carbocycles. The third-order valence-corrected chi connectivity index (χ3v) is 3.81. The molecule has 0 fully saturated rings. The molecule has 0 aliphatic carbocycles. The summed E-state index contributed by atoms with van der Waals surface area (Å²) in [6.07, 6.45) is 0.0610. The number of hydrogen-bond acceptors (Lipinski definition) is 5. The Hall–Kier alpha value is -2.41. The summed E-state index contributed by atoms with van der Waals surface area (Å²) >= 11 is 1.24. The molecule has 0 bridgehead atoms. The van der Waals surface area contributed by atoms with Crippen molar-refractivity contribution in [1.29, 1.82) is 0 Å². The number of thiazole rings is 1. The van der Waals surface area contributed by atoms with Gasteiger partial charge in [-0.1, -0.05) is 6.07 Å². The Morgan fingerprint density at radius 1 is 1.32 bits per heavy atom. The van der Waals surface area contributed by atoms with E-state index in [0.29, 0.717) is 16.6 Å². The van der Waals surface area contributed by atoms with Crippen LogP contribution in [-0.2, 0) is 16.0 Å². The molecule has 0 spiro atoms. The fourth-order valence-electron chi connectivity index (χ4n) is 1.73. The molecule has 1 heterocycles. The second kappa shape index (κ2) is 7.04. The number of aromatic nitrogens is 1. The summed E-state index contributed by atoms with van der Waals surface area (Å²) in [7, 11) is 0. The number of aryl methyl sites for hydroxylation is 2. The van der Waals surface area contributed by atoms with E-state index >= 15 is 0 Å². The van der Waals surface area contributed by atoms with Crippen LogP contribution in [0.4, 0.5) is 5.13 Å². The van der Waals surface area contributed by atoms with Crippen molar-refractivity contribution in [1.82, 2.24) is 4.98 Å². The largest absolute Gasteiger partial charge is 0.484 e. The summed E-state index contributed by atoms with van der Waals surface area (Å²) in [5, 5.41) is 4.73. The molecule has 2 rings (SSSR count). The Labute approximate surface area is 132 Å². The van der Waals surface area contributed by atoms with Crippen molar-refractivity contribution in [3.63, 3.8) is 0 Å². The van der Waals surface area contributed by atoms with Gasteiger partial charge in [0.1, 0.15) is 5.75 Å². The number of benzene rings is 1. The molecule has 0 saturated carbocycles. The molecule has 2 amide bonds. The molecule has 6 nitrogen and oxygen atoms in total. The standard InChI is InChI=1S/C15H17N3O3S/c1-9-3-4-12(5-10(9)2)21-7-14(20)18-15-17-11(8-22-15)6-13(16)19/h3-5,8H,6-7H2,1-2H3,(H2,16,19)(H,17,18,20). The molecular formula is C15H17N3O3S. The maximum Gasteiger partial charge on any atom is 0.264 e. The van der Waals surface area contributed by atoms with Crippen LogP contribution in [0.5, 0.6) is 5.75 Å². The fourth-order valence-corrected chi connectivity index (χ4v) is 2.46. The second-order valence-corrected chi connectivity index (χ2v) is 5.73. The quantitative estimate of drug-likeness (QED) is 0.849. The van der Waals surface area contributed by atoms with Crippen molar-refractivity contribution < 1.29 is 14.3 Å². The van der Waals surface area contributed by atoms with Crippen LogP contribution < -0.4 is 15.8 Å². The third kappa shape index (κ3) is 4.56. The number of nitrogens with zero attached hydrogens (tertiary/aromatic N) is 1. The number of nitrogens with two attached hydrogens (primary N) is 1. The van der Waals surface area contributed by atoms with Crippen LogP contribution in [-0.4, -0.2) is 23.4 Å². The average molecular weight is 319 g/mol. The molecule has 22 heavy (non-hydrogen) atoms. The Morgan fingerprint density at radius 2 is 2.09 bits per heavy atom. The number of nitrogens with one attached hydrogen (secondary N) is 1. The first kappa shape index (κ1) is 16.0. The Balaban J connectivity index is 1.86. The van der Waals surface area contributed by atoms with Gasteiger partial charge >= 0.3 is 0 Å². The van der Waals surface area contributed by atoms with Gasteiger partial charge in [-0.25, -0.2) is 4.98 Å². The first-order valence-electron chi connectivity index (χ1n) is 6.66. The Bertz CT molecular complexity index is 697. The molecule has 7 heteroatoms. The van der Waals surface area contributed by atoms with Gasteiger partial charge in [0, 0.05) is 5.38 Å². The SMILES string of the molecule is Cc1ccc(OCC(=O)Nc2nc(CC(N)=O)cs2)cc1C. The molecule has 0 unspecified atom stereocenters. The summed E-state index contributed by atoms with van der Waals surface area (Å²) < 4.78 is 5.44. The van der Waals surface area contributed by atoms with Gasteiger partial charge in [-0.05, 0) is 37.1 Å². The molecule has 3 N–H and O–H groups in total. The van der Waals surface area contributed by atoms with E-state index in [9.17, 15) is 9.59 Å². The molecule has 0 aliphatic heterocycles. The lowest BCUT2D eigenvalue weighted by molar-refractivity contribution is -0.118. The highest BCUT2D eigenvalue weighted by Crippen LogP contribution is 2.17. The van der Waals surface area contributed by atoms with Gasteiger partial charge in [-0.15, -0.1) is 11.3 Å². The highest BCUT2D eigenvalue weighted by Gasteiger charge is 2.09. The third-order valence-electron chi connectivity index (χ3n) is 3.00. The molecular weight excluding hydrogens is 302 g/mol. The van der Waals surface area contributed by atoms with Gasteiger partial charge in [0.05, 0.1) is 12.1 Å². The smallest absolute Gasteiger partial charge is 0.264 e. The summed E-state index contributed by atoms with van der Waals surface area (Å²) in [5.74, 6) is -0.119. The van der Waals surface area contributed by atoms with E-state index in [-0.39, 0.29) is 18.9 Å². The Morgan fingerprint density at radius 3 is 2.77 bits per heavy atom. The lowest BCUT2D eigenvalue weighted by atomic mass is 10.1. The second-order valence-electron chi connectivity index (χ2n) is 4.87. The van der Waals surface area contributed by atoms with Gasteiger partial charge in [0.15, 0.2) is 11.7 Å². The Kier molecular flexibility index (Phi) is 5.11. The number of rotatable bonds is 6. The minimum Gasteiger partial charge on any atom is -0.484 e. The maximum atomic E-state index is 11.8. The van der Waals surface area contributed by atoms with Crippen LogP contribution in [0.2, 0.25) is 0 Å². The summed E-state index contributed by atoms with van der Waals surface area (Å²) in [4.78, 5) is 26.7. The topological polar surface area (TPSA) is 94.3 Å². The van der Waals surface area contributed by atoms with E-state index < -0.39 is 5.91 Å². The minimum atomic E-state index is -0.457. The molecule has 1 aromatic heterocycles. The van der Waals surface area contributed by atoms with Crippen molar-refractivity contribution in [3.8, 4) is 5.75 Å². The predicted octanol–water partition coefficient (Wildman–Crippen LogP) is 1.81. The van der Waals surface area contributed by atoms with Crippen LogP contribution in [0.3, 0.4) is 0 Å². The van der Waals surface area contributed by atoms with Crippen LogP contribution >= 0.6 is 11.3 Å². The number of hydrogen-bond donors (Lipinski definition) is 2. The van der Waals surface area contributed by atoms with Crippen molar-refractivity contribution in [2.75, 3.05) is 11.9 Å². The zero-order chi connectivity index (χ0) is 16.1. The van der Waals surface area contributed by atoms with Gasteiger partial charge in [-0.3, -0.25) is 14.9 Å². The monoisotopic (exact) mass is 319 g/mol.